The van der Waals surface area contributed by atoms with Gasteiger partial charge in [-0.2, -0.15) is 0 Å². The van der Waals surface area contributed by atoms with Gasteiger partial charge in [0.25, 0.3) is 17.4 Å². The molecule has 0 radical (unpaired) electrons. The summed E-state index contributed by atoms with van der Waals surface area (Å²) in [6.45, 7) is 5.92. The van der Waals surface area contributed by atoms with E-state index in [1.54, 1.807) is 48.3 Å². The number of carbonyl (C=O) groups is 2. The maximum atomic E-state index is 13.9. The molecule has 0 fully saturated rings. The molecule has 200 valence electrons. The second kappa shape index (κ2) is 11.0. The van der Waals surface area contributed by atoms with Gasteiger partial charge in [-0.1, -0.05) is 23.2 Å². The number of benzene rings is 2. The van der Waals surface area contributed by atoms with Crippen molar-refractivity contribution in [3.05, 3.63) is 79.2 Å². The Bertz CT molecular complexity index is 1470. The highest BCUT2D eigenvalue weighted by Crippen LogP contribution is 2.30. The van der Waals surface area contributed by atoms with Crippen LogP contribution in [0.1, 0.15) is 52.7 Å². The number of aromatic nitrogens is 2. The molecular weight excluding hydrogens is 529 g/mol. The molecule has 0 bridgehead atoms. The van der Waals surface area contributed by atoms with Crippen LogP contribution in [-0.2, 0) is 13.0 Å². The summed E-state index contributed by atoms with van der Waals surface area (Å²) in [6.07, 6.45) is 0.314. The van der Waals surface area contributed by atoms with Gasteiger partial charge in [0.05, 0.1) is 35.1 Å². The number of amides is 2. The van der Waals surface area contributed by atoms with Gasteiger partial charge in [-0.3, -0.25) is 14.4 Å². The number of rotatable bonds is 6. The van der Waals surface area contributed by atoms with Crippen molar-refractivity contribution in [1.82, 2.24) is 19.8 Å². The van der Waals surface area contributed by atoms with Crippen molar-refractivity contribution >= 4 is 41.0 Å². The summed E-state index contributed by atoms with van der Waals surface area (Å²) in [5.74, 6) is 0.164. The molecule has 1 atom stereocenters. The van der Waals surface area contributed by atoms with Crippen LogP contribution in [0.2, 0.25) is 10.0 Å². The molecule has 0 saturated heterocycles. The van der Waals surface area contributed by atoms with Crippen LogP contribution in [0.5, 0.6) is 5.75 Å². The first-order valence-electron chi connectivity index (χ1n) is 12.1. The van der Waals surface area contributed by atoms with Crippen LogP contribution < -0.4 is 20.9 Å². The average Bonchev–Trinajstić information content (AvgIpc) is 2.89. The zero-order valence-electron chi connectivity index (χ0n) is 21.8. The number of anilines is 1. The van der Waals surface area contributed by atoms with E-state index in [1.165, 1.54) is 11.7 Å². The lowest BCUT2D eigenvalue weighted by atomic mass is 9.98. The van der Waals surface area contributed by atoms with Gasteiger partial charge in [-0.25, -0.2) is 9.55 Å². The fraction of sp³-hybridized carbons (Fsp3) is 0.333. The van der Waals surface area contributed by atoms with Crippen molar-refractivity contribution in [2.45, 2.75) is 45.8 Å². The Morgan fingerprint density at radius 3 is 2.45 bits per heavy atom. The highest BCUT2D eigenvalue weighted by atomic mass is 35.5. The fourth-order valence-corrected chi connectivity index (χ4v) is 4.75. The molecule has 0 saturated carbocycles. The van der Waals surface area contributed by atoms with Gasteiger partial charge in [0, 0.05) is 35.8 Å². The second-order valence-corrected chi connectivity index (χ2v) is 10.2. The minimum Gasteiger partial charge on any atom is -0.495 e. The predicted molar refractivity (Wildman–Crippen MR) is 148 cm³/mol. The molecule has 0 aliphatic carbocycles. The first-order valence-corrected chi connectivity index (χ1v) is 12.9. The lowest BCUT2D eigenvalue weighted by Crippen LogP contribution is -2.46. The van der Waals surface area contributed by atoms with Gasteiger partial charge in [-0.15, -0.1) is 0 Å². The molecule has 1 aromatic heterocycles. The number of methoxy groups -OCH3 is 1. The smallest absolute Gasteiger partial charge is 0.263 e. The van der Waals surface area contributed by atoms with Gasteiger partial charge >= 0.3 is 0 Å². The van der Waals surface area contributed by atoms with E-state index in [-0.39, 0.29) is 36.0 Å². The Morgan fingerprint density at radius 2 is 1.82 bits per heavy atom. The molecule has 0 spiro atoms. The van der Waals surface area contributed by atoms with Crippen molar-refractivity contribution in [3.63, 3.8) is 0 Å². The van der Waals surface area contributed by atoms with Crippen molar-refractivity contribution in [2.75, 3.05) is 19.5 Å². The molecule has 4 rings (SSSR count). The maximum Gasteiger partial charge on any atom is 0.263 e. The van der Waals surface area contributed by atoms with E-state index in [9.17, 15) is 14.4 Å². The van der Waals surface area contributed by atoms with Gasteiger partial charge in [0.15, 0.2) is 0 Å². The SMILES string of the molecule is CNC(=O)c1ccc(-n2c(NC(C)C)nc3c(c2=O)C[C@@H](C)N(C(=O)c2ccc(Cl)c(Cl)c2)C3)c(OC)c1. The summed E-state index contributed by atoms with van der Waals surface area (Å²) in [5, 5.41) is 6.49. The number of fused-ring (bicyclic) bond motifs is 1. The summed E-state index contributed by atoms with van der Waals surface area (Å²) < 4.78 is 7.03. The first-order chi connectivity index (χ1) is 18.0. The Kier molecular flexibility index (Phi) is 7.99. The highest BCUT2D eigenvalue weighted by Gasteiger charge is 2.32. The molecule has 38 heavy (non-hydrogen) atoms. The second-order valence-electron chi connectivity index (χ2n) is 9.38. The molecule has 2 aromatic carbocycles. The maximum absolute atomic E-state index is 13.9. The predicted octanol–water partition coefficient (Wildman–Crippen LogP) is 4.31. The minimum atomic E-state index is -0.271. The van der Waals surface area contributed by atoms with Crippen molar-refractivity contribution in [2.24, 2.45) is 0 Å². The molecule has 9 nitrogen and oxygen atoms in total. The van der Waals surface area contributed by atoms with E-state index in [0.717, 1.165) is 0 Å². The summed E-state index contributed by atoms with van der Waals surface area (Å²) in [6, 6.07) is 9.32. The topological polar surface area (TPSA) is 106 Å². The molecule has 2 heterocycles. The van der Waals surface area contributed by atoms with Crippen LogP contribution in [0.4, 0.5) is 5.95 Å². The third-order valence-electron chi connectivity index (χ3n) is 6.37. The number of nitrogens with one attached hydrogen (secondary N) is 2. The van der Waals surface area contributed by atoms with E-state index < -0.39 is 0 Å². The van der Waals surface area contributed by atoms with Crippen LogP contribution in [0.3, 0.4) is 0 Å². The van der Waals surface area contributed by atoms with E-state index in [2.05, 4.69) is 10.6 Å². The lowest BCUT2D eigenvalue weighted by molar-refractivity contribution is 0.0653. The summed E-state index contributed by atoms with van der Waals surface area (Å²) in [4.78, 5) is 45.9. The number of hydrogen-bond acceptors (Lipinski definition) is 6. The molecule has 2 N–H and O–H groups in total. The average molecular weight is 558 g/mol. The van der Waals surface area contributed by atoms with Crippen LogP contribution >= 0.6 is 23.2 Å². The Hall–Kier alpha value is -3.56. The molecular formula is C27H29Cl2N5O4. The summed E-state index contributed by atoms with van der Waals surface area (Å²) >= 11 is 12.2. The molecule has 3 aromatic rings. The van der Waals surface area contributed by atoms with Gasteiger partial charge in [-0.05, 0) is 63.6 Å². The Labute approximate surface area is 230 Å². The lowest BCUT2D eigenvalue weighted by Gasteiger charge is -2.35. The van der Waals surface area contributed by atoms with Crippen molar-refractivity contribution < 1.29 is 14.3 Å². The van der Waals surface area contributed by atoms with Crippen LogP contribution in [-0.4, -0.2) is 52.5 Å². The third kappa shape index (κ3) is 5.21. The summed E-state index contributed by atoms with van der Waals surface area (Å²) in [5.41, 5.74) is 2.02. The van der Waals surface area contributed by atoms with Gasteiger partial charge in [0.1, 0.15) is 5.75 Å². The number of ether oxygens (including phenoxy) is 1. The molecule has 1 aliphatic heterocycles. The summed E-state index contributed by atoms with van der Waals surface area (Å²) in [7, 11) is 3.02. The number of hydrogen-bond donors (Lipinski definition) is 2. The first kappa shape index (κ1) is 27.5. The molecule has 11 heteroatoms. The number of halogens is 2. The van der Waals surface area contributed by atoms with Gasteiger partial charge < -0.3 is 20.3 Å². The minimum absolute atomic E-state index is 0.0428. The van der Waals surface area contributed by atoms with E-state index >= 15 is 0 Å². The van der Waals surface area contributed by atoms with Crippen LogP contribution in [0, 0.1) is 0 Å². The zero-order chi connectivity index (χ0) is 27.7. The Morgan fingerprint density at radius 1 is 1.11 bits per heavy atom. The zero-order valence-corrected chi connectivity index (χ0v) is 23.3. The third-order valence-corrected chi connectivity index (χ3v) is 7.11. The highest BCUT2D eigenvalue weighted by molar-refractivity contribution is 6.42. The Balaban J connectivity index is 1.81. The van der Waals surface area contributed by atoms with Crippen molar-refractivity contribution in [1.29, 1.82) is 0 Å². The van der Waals surface area contributed by atoms with E-state index in [1.807, 2.05) is 20.8 Å². The van der Waals surface area contributed by atoms with Gasteiger partial charge in [0.2, 0.25) is 5.95 Å². The van der Waals surface area contributed by atoms with E-state index in [0.29, 0.717) is 56.2 Å². The normalized spacial score (nSPS) is 14.7. The number of carbonyl (C=O) groups excluding carboxylic acids is 2. The van der Waals surface area contributed by atoms with Crippen LogP contribution in [0.25, 0.3) is 5.69 Å². The fourth-order valence-electron chi connectivity index (χ4n) is 4.45. The standard InChI is InChI=1S/C27H29Cl2N5O4/c1-14(2)31-27-32-21-13-33(25(36)17-6-8-19(28)20(29)11-17)15(3)10-18(21)26(37)34(27)22-9-7-16(24(35)30-4)12-23(22)38-5/h6-9,11-12,14-15H,10,13H2,1-5H3,(H,30,35)(H,31,32)/t15-/m1/s1. The largest absolute Gasteiger partial charge is 0.495 e. The monoisotopic (exact) mass is 557 g/mol. The molecule has 0 unspecified atom stereocenters. The van der Waals surface area contributed by atoms with Crippen molar-refractivity contribution in [3.8, 4) is 11.4 Å². The van der Waals surface area contributed by atoms with E-state index in [4.69, 9.17) is 32.9 Å². The number of nitrogens with zero attached hydrogens (tertiary/aromatic N) is 3. The van der Waals surface area contributed by atoms with Crippen LogP contribution in [0.15, 0.2) is 41.2 Å². The molecule has 1 aliphatic rings. The quantitative estimate of drug-likeness (QED) is 0.467. The molecule has 2 amide bonds.